The summed E-state index contributed by atoms with van der Waals surface area (Å²) >= 11 is 1.92. The molecule has 6 nitrogen and oxygen atoms in total. The van der Waals surface area contributed by atoms with E-state index in [0.717, 1.165) is 23.5 Å². The summed E-state index contributed by atoms with van der Waals surface area (Å²) < 4.78 is 9.46. The monoisotopic (exact) mass is 318 g/mol. The Morgan fingerprint density at radius 2 is 1.20 bits per heavy atom. The van der Waals surface area contributed by atoms with Gasteiger partial charge in [0.1, 0.15) is 0 Å². The van der Waals surface area contributed by atoms with E-state index in [1.807, 2.05) is 0 Å². The summed E-state index contributed by atoms with van der Waals surface area (Å²) in [5.74, 6) is -0.976. The van der Waals surface area contributed by atoms with Gasteiger partial charge in [-0.1, -0.05) is 0 Å². The highest BCUT2D eigenvalue weighted by Gasteiger charge is 2.23. The smallest absolute Gasteiger partial charge is 0.316 e. The summed E-state index contributed by atoms with van der Waals surface area (Å²) in [7, 11) is 0. The van der Waals surface area contributed by atoms with E-state index in [-0.39, 0.29) is 34.5 Å². The normalized spacial score (nSPS) is 10.5. The van der Waals surface area contributed by atoms with Gasteiger partial charge in [-0.2, -0.15) is 0 Å². The van der Waals surface area contributed by atoms with Crippen molar-refractivity contribution in [3.05, 3.63) is 20.4 Å². The zero-order valence-corrected chi connectivity index (χ0v) is 12.7. The van der Waals surface area contributed by atoms with Crippen LogP contribution in [0, 0.1) is 0 Å². The maximum atomic E-state index is 11.4. The molecule has 0 aliphatic rings. The molecule has 0 heterocycles. The lowest BCUT2D eigenvalue weighted by Gasteiger charge is -2.09. The molecule has 0 fully saturated rings. The Hall–Kier alpha value is -1.28. The Kier molecular flexibility index (Phi) is 6.80. The van der Waals surface area contributed by atoms with E-state index in [1.165, 1.54) is 0 Å². The Bertz CT molecular complexity index is 509. The molecular weight excluding hydrogens is 304 g/mol. The second-order valence-corrected chi connectivity index (χ2v) is 5.48. The molecular formula is C12H14O6S2. The van der Waals surface area contributed by atoms with Crippen molar-refractivity contribution >= 4 is 35.5 Å². The molecule has 1 aromatic carbocycles. The molecule has 20 heavy (non-hydrogen) atoms. The van der Waals surface area contributed by atoms with E-state index in [1.54, 1.807) is 13.8 Å². The minimum absolute atomic E-state index is 0.0361. The highest BCUT2D eigenvalue weighted by molar-refractivity contribution is 8.03. The average Bonchev–Trinajstić information content (AvgIpc) is 2.41. The van der Waals surface area contributed by atoms with Crippen molar-refractivity contribution in [3.63, 3.8) is 0 Å². The molecule has 8 heteroatoms. The highest BCUT2D eigenvalue weighted by Crippen LogP contribution is 2.27. The van der Waals surface area contributed by atoms with E-state index in [4.69, 9.17) is 9.47 Å². The van der Waals surface area contributed by atoms with E-state index in [0.29, 0.717) is 0 Å². The molecule has 0 aromatic heterocycles. The fourth-order valence-electron chi connectivity index (χ4n) is 1.28. The van der Waals surface area contributed by atoms with E-state index in [2.05, 4.69) is 0 Å². The average molecular weight is 318 g/mol. The van der Waals surface area contributed by atoms with Gasteiger partial charge in [0.2, 0.25) is 10.9 Å². The summed E-state index contributed by atoms with van der Waals surface area (Å²) in [4.78, 5) is 45.6. The van der Waals surface area contributed by atoms with Gasteiger partial charge in [0, 0.05) is 0 Å². The molecule has 0 atom stereocenters. The quantitative estimate of drug-likeness (QED) is 0.391. The first-order valence-corrected chi connectivity index (χ1v) is 7.88. The third-order valence-corrected chi connectivity index (χ3v) is 4.35. The van der Waals surface area contributed by atoms with Gasteiger partial charge in [-0.25, -0.2) is 0 Å². The van der Waals surface area contributed by atoms with Gasteiger partial charge in [-0.15, -0.1) is 23.5 Å². The molecule has 0 spiro atoms. The van der Waals surface area contributed by atoms with Crippen LogP contribution in [0.5, 0.6) is 0 Å². The predicted molar refractivity (Wildman–Crippen MR) is 76.1 cm³/mol. The predicted octanol–water partition coefficient (Wildman–Crippen LogP) is 0.593. The highest BCUT2D eigenvalue weighted by atomic mass is 32.2. The summed E-state index contributed by atoms with van der Waals surface area (Å²) in [5, 5.41) is 0. The fourth-order valence-corrected chi connectivity index (χ4v) is 3.22. The van der Waals surface area contributed by atoms with Gasteiger partial charge < -0.3 is 9.47 Å². The standard InChI is InChI=1S/C12H14O6S2/c1-3-17-7(13)5-19-11-9(15)10(16)12(11)20-6-8(14)18-4-2/h3-6H2,1-2H3. The molecule has 0 unspecified atom stereocenters. The SMILES string of the molecule is CCOC(=O)CSc1c(SCC(=O)OCC)c(=O)c1=O. The topological polar surface area (TPSA) is 86.7 Å². The maximum absolute atomic E-state index is 11.4. The maximum Gasteiger partial charge on any atom is 0.316 e. The molecule has 0 aliphatic heterocycles. The number of thioether (sulfide) groups is 2. The van der Waals surface area contributed by atoms with Crippen LogP contribution < -0.4 is 10.9 Å². The third-order valence-electron chi connectivity index (χ3n) is 2.10. The molecule has 0 aliphatic carbocycles. The van der Waals surface area contributed by atoms with Crippen molar-refractivity contribution in [2.45, 2.75) is 23.6 Å². The molecule has 1 rings (SSSR count). The third kappa shape index (κ3) is 4.38. The van der Waals surface area contributed by atoms with Crippen LogP contribution in [0.1, 0.15) is 13.8 Å². The first kappa shape index (κ1) is 16.8. The van der Waals surface area contributed by atoms with Crippen molar-refractivity contribution in [2.24, 2.45) is 0 Å². The number of carbonyl (C=O) groups is 2. The number of esters is 2. The van der Waals surface area contributed by atoms with Crippen molar-refractivity contribution in [2.75, 3.05) is 24.7 Å². The lowest BCUT2D eigenvalue weighted by Crippen LogP contribution is -2.35. The molecule has 0 N–H and O–H groups in total. The van der Waals surface area contributed by atoms with E-state index >= 15 is 0 Å². The van der Waals surface area contributed by atoms with Crippen LogP contribution in [0.4, 0.5) is 0 Å². The van der Waals surface area contributed by atoms with Crippen molar-refractivity contribution in [1.29, 1.82) is 0 Å². The van der Waals surface area contributed by atoms with Gasteiger partial charge >= 0.3 is 11.9 Å². The van der Waals surface area contributed by atoms with Crippen molar-refractivity contribution in [3.8, 4) is 0 Å². The van der Waals surface area contributed by atoms with Crippen LogP contribution in [0.2, 0.25) is 0 Å². The molecule has 0 radical (unpaired) electrons. The number of ether oxygens (including phenoxy) is 2. The van der Waals surface area contributed by atoms with Gasteiger partial charge in [0.15, 0.2) is 0 Å². The van der Waals surface area contributed by atoms with Crippen LogP contribution >= 0.6 is 23.5 Å². The minimum atomic E-state index is -0.620. The number of carbonyl (C=O) groups excluding carboxylic acids is 2. The van der Waals surface area contributed by atoms with Crippen molar-refractivity contribution < 1.29 is 19.1 Å². The van der Waals surface area contributed by atoms with E-state index < -0.39 is 22.8 Å². The first-order valence-electron chi connectivity index (χ1n) is 5.91. The van der Waals surface area contributed by atoms with Crippen LogP contribution in [-0.2, 0) is 19.1 Å². The zero-order valence-electron chi connectivity index (χ0n) is 11.1. The summed E-state index contributed by atoms with van der Waals surface area (Å²) in [6.07, 6.45) is 0. The number of hydrogen-bond acceptors (Lipinski definition) is 8. The second-order valence-electron chi connectivity index (χ2n) is 3.50. The lowest BCUT2D eigenvalue weighted by molar-refractivity contribution is -0.140. The van der Waals surface area contributed by atoms with Crippen molar-refractivity contribution in [1.82, 2.24) is 0 Å². The Morgan fingerprint density at radius 1 is 0.850 bits per heavy atom. The molecule has 110 valence electrons. The van der Waals surface area contributed by atoms with Gasteiger partial charge in [-0.3, -0.25) is 19.2 Å². The Balaban J connectivity index is 2.58. The van der Waals surface area contributed by atoms with Gasteiger partial charge in [-0.05, 0) is 13.8 Å². The van der Waals surface area contributed by atoms with Gasteiger partial charge in [0.25, 0.3) is 0 Å². The largest absolute Gasteiger partial charge is 0.465 e. The van der Waals surface area contributed by atoms with Crippen LogP contribution in [0.15, 0.2) is 19.4 Å². The first-order chi connectivity index (χ1) is 9.51. The van der Waals surface area contributed by atoms with Crippen LogP contribution in [-0.4, -0.2) is 36.7 Å². The molecule has 0 saturated heterocycles. The summed E-state index contributed by atoms with van der Waals surface area (Å²) in [6.45, 7) is 3.88. The molecule has 0 amide bonds. The number of hydrogen-bond donors (Lipinski definition) is 0. The van der Waals surface area contributed by atoms with Gasteiger partial charge in [0.05, 0.1) is 34.5 Å². The minimum Gasteiger partial charge on any atom is -0.465 e. The Labute approximate surface area is 123 Å². The second kappa shape index (κ2) is 8.11. The van der Waals surface area contributed by atoms with E-state index in [9.17, 15) is 19.2 Å². The molecule has 1 aromatic rings. The zero-order chi connectivity index (χ0) is 15.1. The molecule has 0 saturated carbocycles. The fraction of sp³-hybridized carbons (Fsp3) is 0.500. The Morgan fingerprint density at radius 3 is 1.50 bits per heavy atom. The lowest BCUT2D eigenvalue weighted by atomic mass is 10.3. The summed E-state index contributed by atoms with van der Waals surface area (Å²) in [6, 6.07) is 0. The van der Waals surface area contributed by atoms with Crippen LogP contribution in [0.3, 0.4) is 0 Å². The number of rotatable bonds is 8. The molecule has 0 bridgehead atoms. The summed E-state index contributed by atoms with van der Waals surface area (Å²) in [5.41, 5.74) is -1.24. The van der Waals surface area contributed by atoms with Crippen LogP contribution in [0.25, 0.3) is 0 Å².